The number of carbonyl (C=O) groups is 2. The molecule has 1 atom stereocenters. The minimum Gasteiger partial charge on any atom is -0.376 e. The van der Waals surface area contributed by atoms with Crippen LogP contribution >= 0.6 is 0 Å². The summed E-state index contributed by atoms with van der Waals surface area (Å²) in [6.07, 6.45) is 2.91. The van der Waals surface area contributed by atoms with Crippen LogP contribution in [0.1, 0.15) is 52.0 Å². The number of amides is 2. The maximum absolute atomic E-state index is 13.7. The average molecular weight is 459 g/mol. The molecule has 3 aliphatic rings. The van der Waals surface area contributed by atoms with Gasteiger partial charge in [0, 0.05) is 31.3 Å². The first kappa shape index (κ1) is 21.1. The Labute approximate surface area is 185 Å². The van der Waals surface area contributed by atoms with Crippen molar-refractivity contribution in [3.05, 3.63) is 65.0 Å². The largest absolute Gasteiger partial charge is 0.376 e. The molecular weight excluding hydrogens is 435 g/mol. The Kier molecular flexibility index (Phi) is 5.25. The SMILES string of the molecule is O=C(c1ccc2c(c1)S(=O)(=O)N(C1CC1)C2=O)N(Cc1cccc(F)c1)CC1CCCO1. The molecular formula is C23H23FN2O5S. The van der Waals surface area contributed by atoms with Crippen LogP contribution in [0.5, 0.6) is 0 Å². The lowest BCUT2D eigenvalue weighted by atomic mass is 10.1. The van der Waals surface area contributed by atoms with Crippen molar-refractivity contribution in [2.75, 3.05) is 13.2 Å². The number of benzene rings is 2. The van der Waals surface area contributed by atoms with E-state index in [2.05, 4.69) is 0 Å². The highest BCUT2D eigenvalue weighted by Crippen LogP contribution is 2.39. The Balaban J connectivity index is 1.46. The van der Waals surface area contributed by atoms with Crippen LogP contribution in [-0.4, -0.2) is 54.7 Å². The van der Waals surface area contributed by atoms with Gasteiger partial charge in [0.2, 0.25) is 0 Å². The van der Waals surface area contributed by atoms with Gasteiger partial charge in [0.15, 0.2) is 0 Å². The van der Waals surface area contributed by atoms with Crippen LogP contribution in [0, 0.1) is 5.82 Å². The molecule has 7 nitrogen and oxygen atoms in total. The standard InChI is InChI=1S/C23H23FN2O5S/c24-17-4-1-3-15(11-17)13-25(14-19-5-2-10-31-19)22(27)16-6-9-20-21(12-16)32(29,30)26(23(20)28)18-7-8-18/h1,3-4,6,9,11-12,18-19H,2,5,7-8,10,13-14H2. The van der Waals surface area contributed by atoms with Crippen molar-refractivity contribution in [3.63, 3.8) is 0 Å². The van der Waals surface area contributed by atoms with Gasteiger partial charge >= 0.3 is 0 Å². The summed E-state index contributed by atoms with van der Waals surface area (Å²) in [7, 11) is -3.96. The van der Waals surface area contributed by atoms with Gasteiger partial charge in [0.05, 0.1) is 11.7 Å². The summed E-state index contributed by atoms with van der Waals surface area (Å²) in [5.74, 6) is -1.31. The molecule has 0 bridgehead atoms. The topological polar surface area (TPSA) is 84.0 Å². The Bertz CT molecular complexity index is 1190. The molecule has 0 N–H and O–H groups in total. The van der Waals surface area contributed by atoms with Crippen LogP contribution < -0.4 is 0 Å². The molecule has 1 unspecified atom stereocenters. The number of nitrogens with zero attached hydrogens (tertiary/aromatic N) is 2. The molecule has 5 rings (SSSR count). The fourth-order valence-electron chi connectivity index (χ4n) is 4.34. The van der Waals surface area contributed by atoms with Crippen LogP contribution in [0.4, 0.5) is 4.39 Å². The predicted octanol–water partition coefficient (Wildman–Crippen LogP) is 2.95. The van der Waals surface area contributed by atoms with Crippen molar-refractivity contribution in [3.8, 4) is 0 Å². The van der Waals surface area contributed by atoms with Crippen LogP contribution in [0.3, 0.4) is 0 Å². The van der Waals surface area contributed by atoms with E-state index in [4.69, 9.17) is 4.74 Å². The Morgan fingerprint density at radius 1 is 1.16 bits per heavy atom. The fourth-order valence-corrected chi connectivity index (χ4v) is 6.18. The second-order valence-corrected chi connectivity index (χ2v) is 10.3. The molecule has 168 valence electrons. The number of ether oxygens (including phenoxy) is 1. The zero-order valence-electron chi connectivity index (χ0n) is 17.4. The minimum absolute atomic E-state index is 0.101. The molecule has 32 heavy (non-hydrogen) atoms. The number of halogens is 1. The highest BCUT2D eigenvalue weighted by Gasteiger charge is 2.49. The second-order valence-electron chi connectivity index (χ2n) is 8.50. The lowest BCUT2D eigenvalue weighted by Crippen LogP contribution is -2.37. The monoisotopic (exact) mass is 458 g/mol. The van der Waals surface area contributed by atoms with Gasteiger partial charge < -0.3 is 9.64 Å². The minimum atomic E-state index is -3.96. The third-order valence-corrected chi connectivity index (χ3v) is 7.95. The van der Waals surface area contributed by atoms with Crippen LogP contribution in [0.2, 0.25) is 0 Å². The smallest absolute Gasteiger partial charge is 0.269 e. The maximum atomic E-state index is 13.7. The summed E-state index contributed by atoms with van der Waals surface area (Å²) in [5, 5.41) is 0. The van der Waals surface area contributed by atoms with Crippen molar-refractivity contribution in [2.45, 2.75) is 49.3 Å². The van der Waals surface area contributed by atoms with E-state index in [1.807, 2.05) is 0 Å². The van der Waals surface area contributed by atoms with E-state index in [-0.39, 0.29) is 40.6 Å². The summed E-state index contributed by atoms with van der Waals surface area (Å²) < 4.78 is 46.2. The first-order valence-corrected chi connectivity index (χ1v) is 12.2. The van der Waals surface area contributed by atoms with E-state index in [0.29, 0.717) is 31.6 Å². The van der Waals surface area contributed by atoms with Gasteiger partial charge in [0.25, 0.3) is 21.8 Å². The number of hydrogen-bond acceptors (Lipinski definition) is 5. The summed E-state index contributed by atoms with van der Waals surface area (Å²) in [6.45, 7) is 1.10. The van der Waals surface area contributed by atoms with Crippen LogP contribution in [0.15, 0.2) is 47.4 Å². The predicted molar refractivity (Wildman–Crippen MR) is 113 cm³/mol. The maximum Gasteiger partial charge on any atom is 0.269 e. The molecule has 2 heterocycles. The molecule has 2 aromatic carbocycles. The zero-order valence-corrected chi connectivity index (χ0v) is 18.2. The van der Waals surface area contributed by atoms with Crippen molar-refractivity contribution >= 4 is 21.8 Å². The van der Waals surface area contributed by atoms with E-state index in [0.717, 1.165) is 17.1 Å². The second kappa shape index (κ2) is 7.97. The van der Waals surface area contributed by atoms with Gasteiger partial charge in [-0.2, -0.15) is 0 Å². The first-order valence-electron chi connectivity index (χ1n) is 10.7. The van der Waals surface area contributed by atoms with E-state index in [1.165, 1.54) is 30.3 Å². The molecule has 2 aliphatic heterocycles. The molecule has 1 saturated carbocycles. The van der Waals surface area contributed by atoms with Crippen molar-refractivity contribution in [1.82, 2.24) is 9.21 Å². The van der Waals surface area contributed by atoms with Gasteiger partial charge in [-0.15, -0.1) is 0 Å². The number of rotatable bonds is 6. The quantitative estimate of drug-likeness (QED) is 0.665. The zero-order chi connectivity index (χ0) is 22.5. The van der Waals surface area contributed by atoms with Gasteiger partial charge in [0.1, 0.15) is 10.7 Å². The Morgan fingerprint density at radius 2 is 1.97 bits per heavy atom. The summed E-state index contributed by atoms with van der Waals surface area (Å²) >= 11 is 0. The number of hydrogen-bond donors (Lipinski definition) is 0. The Hall–Kier alpha value is -2.78. The molecule has 1 aliphatic carbocycles. The van der Waals surface area contributed by atoms with Gasteiger partial charge in [-0.1, -0.05) is 12.1 Å². The summed E-state index contributed by atoms with van der Waals surface area (Å²) in [5.41, 5.74) is 0.900. The normalized spacial score (nSPS) is 21.6. The number of carbonyl (C=O) groups excluding carboxylic acids is 2. The molecule has 0 radical (unpaired) electrons. The molecule has 2 fully saturated rings. The highest BCUT2D eigenvalue weighted by molar-refractivity contribution is 7.90. The molecule has 1 saturated heterocycles. The van der Waals surface area contributed by atoms with Crippen molar-refractivity contribution in [1.29, 1.82) is 0 Å². The average Bonchev–Trinajstić information content (AvgIpc) is 3.40. The summed E-state index contributed by atoms with van der Waals surface area (Å²) in [6, 6.07) is 9.93. The lowest BCUT2D eigenvalue weighted by Gasteiger charge is -2.26. The number of sulfonamides is 1. The van der Waals surface area contributed by atoms with Gasteiger partial charge in [-0.3, -0.25) is 9.59 Å². The van der Waals surface area contributed by atoms with Crippen LogP contribution in [-0.2, 0) is 21.3 Å². The summed E-state index contributed by atoms with van der Waals surface area (Å²) in [4.78, 5) is 27.5. The highest BCUT2D eigenvalue weighted by atomic mass is 32.2. The lowest BCUT2D eigenvalue weighted by molar-refractivity contribution is 0.0506. The van der Waals surface area contributed by atoms with E-state index < -0.39 is 21.7 Å². The molecule has 2 aromatic rings. The van der Waals surface area contributed by atoms with Crippen LogP contribution in [0.25, 0.3) is 0 Å². The fraction of sp³-hybridized carbons (Fsp3) is 0.391. The number of fused-ring (bicyclic) bond motifs is 1. The van der Waals surface area contributed by atoms with Crippen molar-refractivity contribution < 1.29 is 27.1 Å². The third-order valence-electron chi connectivity index (χ3n) is 6.07. The molecule has 2 amide bonds. The Morgan fingerprint density at radius 3 is 2.66 bits per heavy atom. The van der Waals surface area contributed by atoms with E-state index in [9.17, 15) is 22.4 Å². The third kappa shape index (κ3) is 3.80. The van der Waals surface area contributed by atoms with Gasteiger partial charge in [-0.05, 0) is 61.6 Å². The van der Waals surface area contributed by atoms with Crippen molar-refractivity contribution in [2.24, 2.45) is 0 Å². The first-order chi connectivity index (χ1) is 15.3. The molecule has 0 spiro atoms. The molecule has 0 aromatic heterocycles. The van der Waals surface area contributed by atoms with Gasteiger partial charge in [-0.25, -0.2) is 17.1 Å². The van der Waals surface area contributed by atoms with E-state index >= 15 is 0 Å². The van der Waals surface area contributed by atoms with E-state index in [1.54, 1.807) is 17.0 Å². The molecule has 9 heteroatoms.